The van der Waals surface area contributed by atoms with Crippen molar-refractivity contribution in [3.63, 3.8) is 0 Å². The zero-order chi connectivity index (χ0) is 17.6. The summed E-state index contributed by atoms with van der Waals surface area (Å²) in [5, 5.41) is 6.48. The number of pyridine rings is 1. The summed E-state index contributed by atoms with van der Waals surface area (Å²) in [6.07, 6.45) is 7.29. The number of carbonyl (C=O) groups excluding carboxylic acids is 1. The Morgan fingerprint density at radius 1 is 1.20 bits per heavy atom. The molecule has 1 saturated carbocycles. The molecule has 0 bridgehead atoms. The van der Waals surface area contributed by atoms with Crippen molar-refractivity contribution in [1.82, 2.24) is 20.3 Å². The van der Waals surface area contributed by atoms with E-state index in [-0.39, 0.29) is 11.8 Å². The fourth-order valence-corrected chi connectivity index (χ4v) is 3.25. The lowest BCUT2D eigenvalue weighted by Crippen LogP contribution is -2.37. The minimum atomic E-state index is 0.0413. The fourth-order valence-electron chi connectivity index (χ4n) is 3.25. The van der Waals surface area contributed by atoms with E-state index < -0.39 is 0 Å². The highest BCUT2D eigenvalue weighted by molar-refractivity contribution is 5.78. The smallest absolute Gasteiger partial charge is 0.223 e. The molecule has 1 fully saturated rings. The van der Waals surface area contributed by atoms with Crippen LogP contribution in [0, 0.1) is 19.8 Å². The largest absolute Gasteiger partial charge is 0.367 e. The van der Waals surface area contributed by atoms with Crippen molar-refractivity contribution >= 4 is 11.7 Å². The molecule has 1 amide bonds. The lowest BCUT2D eigenvalue weighted by atomic mass is 9.85. The summed E-state index contributed by atoms with van der Waals surface area (Å²) in [5.74, 6) is 1.03. The third-order valence-corrected chi connectivity index (χ3v) is 4.61. The van der Waals surface area contributed by atoms with Crippen molar-refractivity contribution in [3.05, 3.63) is 47.7 Å². The molecule has 0 saturated heterocycles. The number of aryl methyl sites for hydroxylation is 2. The number of nitrogens with one attached hydrogen (secondary N) is 2. The molecule has 2 N–H and O–H groups in total. The van der Waals surface area contributed by atoms with Gasteiger partial charge in [0.25, 0.3) is 0 Å². The molecule has 0 radical (unpaired) electrons. The number of hydrogen-bond donors (Lipinski definition) is 2. The second-order valence-corrected chi connectivity index (χ2v) is 6.79. The van der Waals surface area contributed by atoms with Gasteiger partial charge in [-0.15, -0.1) is 0 Å². The summed E-state index contributed by atoms with van der Waals surface area (Å²) in [5.41, 5.74) is 2.90. The molecule has 25 heavy (non-hydrogen) atoms. The second kappa shape index (κ2) is 8.05. The van der Waals surface area contributed by atoms with Crippen LogP contribution in [0.4, 0.5) is 5.82 Å². The van der Waals surface area contributed by atoms with Crippen molar-refractivity contribution < 1.29 is 4.79 Å². The van der Waals surface area contributed by atoms with Gasteiger partial charge in [0, 0.05) is 23.9 Å². The highest BCUT2D eigenvalue weighted by Crippen LogP contribution is 2.26. The van der Waals surface area contributed by atoms with Gasteiger partial charge < -0.3 is 10.6 Å². The van der Waals surface area contributed by atoms with E-state index >= 15 is 0 Å². The molecule has 1 aliphatic carbocycles. The Labute approximate surface area is 148 Å². The molecule has 0 spiro atoms. The molecule has 2 atom stereocenters. The molecule has 132 valence electrons. The van der Waals surface area contributed by atoms with Crippen molar-refractivity contribution in [2.45, 2.75) is 52.1 Å². The predicted molar refractivity (Wildman–Crippen MR) is 97.0 cm³/mol. The lowest BCUT2D eigenvalue weighted by Gasteiger charge is -2.29. The molecule has 1 aliphatic rings. The minimum absolute atomic E-state index is 0.0413. The molecular weight excluding hydrogens is 314 g/mol. The average molecular weight is 339 g/mol. The van der Waals surface area contributed by atoms with E-state index in [1.54, 1.807) is 0 Å². The Bertz CT molecular complexity index is 716. The summed E-state index contributed by atoms with van der Waals surface area (Å²) >= 11 is 0. The Kier molecular flexibility index (Phi) is 5.58. The van der Waals surface area contributed by atoms with Crippen molar-refractivity contribution in [3.8, 4) is 0 Å². The topological polar surface area (TPSA) is 79.8 Å². The highest BCUT2D eigenvalue weighted by Gasteiger charge is 2.27. The van der Waals surface area contributed by atoms with Gasteiger partial charge in [-0.25, -0.2) is 15.0 Å². The number of carbonyl (C=O) groups is 1. The van der Waals surface area contributed by atoms with E-state index in [0.29, 0.717) is 12.6 Å². The van der Waals surface area contributed by atoms with Gasteiger partial charge in [-0.1, -0.05) is 12.5 Å². The first-order chi connectivity index (χ1) is 12.1. The van der Waals surface area contributed by atoms with Gasteiger partial charge in [0.05, 0.1) is 12.2 Å². The molecule has 6 heteroatoms. The summed E-state index contributed by atoms with van der Waals surface area (Å²) in [7, 11) is 0. The zero-order valence-corrected chi connectivity index (χ0v) is 14.8. The number of aromatic nitrogens is 3. The van der Waals surface area contributed by atoms with Crippen LogP contribution in [-0.2, 0) is 11.3 Å². The van der Waals surface area contributed by atoms with Crippen LogP contribution in [0.2, 0.25) is 0 Å². The van der Waals surface area contributed by atoms with Crippen LogP contribution in [0.3, 0.4) is 0 Å². The van der Waals surface area contributed by atoms with Crippen LogP contribution >= 0.6 is 0 Å². The number of amides is 1. The Balaban J connectivity index is 1.51. The summed E-state index contributed by atoms with van der Waals surface area (Å²) in [6, 6.07) is 6.23. The zero-order valence-electron chi connectivity index (χ0n) is 14.8. The van der Waals surface area contributed by atoms with Crippen LogP contribution in [0.5, 0.6) is 0 Å². The molecule has 2 heterocycles. The molecule has 0 aliphatic heterocycles. The number of hydrogen-bond acceptors (Lipinski definition) is 5. The maximum absolute atomic E-state index is 12.5. The molecule has 6 nitrogen and oxygen atoms in total. The normalized spacial score (nSPS) is 20.1. The van der Waals surface area contributed by atoms with E-state index in [9.17, 15) is 4.79 Å². The second-order valence-electron chi connectivity index (χ2n) is 6.79. The first kappa shape index (κ1) is 17.3. The molecule has 3 rings (SSSR count). The Hall–Kier alpha value is -2.50. The SMILES string of the molecule is Cc1ccc(N[C@@H]2CCC[C@H](C(=O)NCc3cc(C)ncn3)C2)nc1. The monoisotopic (exact) mass is 339 g/mol. The van der Waals surface area contributed by atoms with E-state index in [1.807, 2.05) is 38.2 Å². The van der Waals surface area contributed by atoms with Gasteiger partial charge in [-0.3, -0.25) is 4.79 Å². The van der Waals surface area contributed by atoms with Crippen LogP contribution in [0.1, 0.15) is 42.6 Å². The van der Waals surface area contributed by atoms with E-state index in [1.165, 1.54) is 6.33 Å². The van der Waals surface area contributed by atoms with Gasteiger partial charge in [-0.05, 0) is 50.8 Å². The fraction of sp³-hybridized carbons (Fsp3) is 0.474. The van der Waals surface area contributed by atoms with E-state index in [4.69, 9.17) is 0 Å². The lowest BCUT2D eigenvalue weighted by molar-refractivity contribution is -0.126. The van der Waals surface area contributed by atoms with Crippen molar-refractivity contribution in [1.29, 1.82) is 0 Å². The van der Waals surface area contributed by atoms with Crippen LogP contribution in [0.15, 0.2) is 30.7 Å². The third kappa shape index (κ3) is 4.98. The maximum Gasteiger partial charge on any atom is 0.223 e. The van der Waals surface area contributed by atoms with Crippen molar-refractivity contribution in [2.75, 3.05) is 5.32 Å². The first-order valence-corrected chi connectivity index (χ1v) is 8.84. The molecule has 0 unspecified atom stereocenters. The van der Waals surface area contributed by atoms with Crippen LogP contribution in [-0.4, -0.2) is 26.9 Å². The molecular formula is C19H25N5O. The van der Waals surface area contributed by atoms with Crippen molar-refractivity contribution in [2.24, 2.45) is 5.92 Å². The van der Waals surface area contributed by atoms with Crippen LogP contribution < -0.4 is 10.6 Å². The first-order valence-electron chi connectivity index (χ1n) is 8.84. The maximum atomic E-state index is 12.5. The van der Waals surface area contributed by atoms with Gasteiger partial charge in [0.1, 0.15) is 12.1 Å². The summed E-state index contributed by atoms with van der Waals surface area (Å²) in [4.78, 5) is 25.2. The highest BCUT2D eigenvalue weighted by atomic mass is 16.1. The molecule has 0 aromatic carbocycles. The van der Waals surface area contributed by atoms with E-state index in [2.05, 4.69) is 25.6 Å². The van der Waals surface area contributed by atoms with Gasteiger partial charge in [0.15, 0.2) is 0 Å². The summed E-state index contributed by atoms with van der Waals surface area (Å²) in [6.45, 7) is 4.40. The number of rotatable bonds is 5. The number of anilines is 1. The predicted octanol–water partition coefficient (Wildman–Crippen LogP) is 2.78. The Morgan fingerprint density at radius 3 is 2.84 bits per heavy atom. The van der Waals surface area contributed by atoms with Gasteiger partial charge in [-0.2, -0.15) is 0 Å². The Morgan fingerprint density at radius 2 is 2.08 bits per heavy atom. The quantitative estimate of drug-likeness (QED) is 0.875. The third-order valence-electron chi connectivity index (χ3n) is 4.61. The minimum Gasteiger partial charge on any atom is -0.367 e. The average Bonchev–Trinajstić information content (AvgIpc) is 2.62. The van der Waals surface area contributed by atoms with Gasteiger partial charge in [0.2, 0.25) is 5.91 Å². The standard InChI is InChI=1S/C19H25N5O/c1-13-6-7-18(20-10-13)24-16-5-3-4-15(9-16)19(25)21-11-17-8-14(2)22-12-23-17/h6-8,10,12,15-16H,3-5,9,11H2,1-2H3,(H,20,24)(H,21,25)/t15-,16+/m0/s1. The molecule has 2 aromatic heterocycles. The number of nitrogens with zero attached hydrogens (tertiary/aromatic N) is 3. The summed E-state index contributed by atoms with van der Waals surface area (Å²) < 4.78 is 0. The van der Waals surface area contributed by atoms with Gasteiger partial charge >= 0.3 is 0 Å². The van der Waals surface area contributed by atoms with Crippen LogP contribution in [0.25, 0.3) is 0 Å². The van der Waals surface area contributed by atoms with E-state index in [0.717, 1.165) is 48.5 Å². The molecule has 2 aromatic rings.